The first-order chi connectivity index (χ1) is 10.5. The summed E-state index contributed by atoms with van der Waals surface area (Å²) in [5.41, 5.74) is 0.0823. The van der Waals surface area contributed by atoms with Crippen LogP contribution in [0.4, 0.5) is 0 Å². The summed E-state index contributed by atoms with van der Waals surface area (Å²) in [6.45, 7) is 3.73. The van der Waals surface area contributed by atoms with Crippen LogP contribution in [0.2, 0.25) is 5.02 Å². The number of nitrogens with zero attached hydrogens (tertiary/aromatic N) is 3. The van der Waals surface area contributed by atoms with Gasteiger partial charge in [0.1, 0.15) is 5.75 Å². The van der Waals surface area contributed by atoms with Crippen molar-refractivity contribution >= 4 is 11.6 Å². The van der Waals surface area contributed by atoms with Crippen molar-refractivity contribution in [1.82, 2.24) is 15.1 Å². The van der Waals surface area contributed by atoms with Gasteiger partial charge in [0.05, 0.1) is 0 Å². The van der Waals surface area contributed by atoms with Crippen molar-refractivity contribution in [3.05, 3.63) is 59.7 Å². The topological polar surface area (TPSA) is 61.0 Å². The summed E-state index contributed by atoms with van der Waals surface area (Å²) < 4.78 is 11.3. The summed E-state index contributed by atoms with van der Waals surface area (Å²) in [5.74, 6) is 1.58. The fourth-order valence-corrected chi connectivity index (χ4v) is 2.05. The van der Waals surface area contributed by atoms with E-state index in [-0.39, 0.29) is 0 Å². The lowest BCUT2D eigenvalue weighted by atomic mass is 10.1. The van der Waals surface area contributed by atoms with Crippen LogP contribution in [0.25, 0.3) is 11.4 Å². The molecule has 0 aliphatic rings. The van der Waals surface area contributed by atoms with Crippen LogP contribution < -0.4 is 4.74 Å². The molecule has 6 heteroatoms. The third-order valence-corrected chi connectivity index (χ3v) is 3.32. The number of aromatic nitrogens is 3. The van der Waals surface area contributed by atoms with Crippen molar-refractivity contribution in [3.8, 4) is 17.1 Å². The smallest absolute Gasteiger partial charge is 0.270 e. The van der Waals surface area contributed by atoms with Gasteiger partial charge in [0.15, 0.2) is 5.60 Å². The average molecular weight is 316 g/mol. The summed E-state index contributed by atoms with van der Waals surface area (Å²) in [5, 5.41) is 4.65. The number of hydrogen-bond donors (Lipinski definition) is 0. The summed E-state index contributed by atoms with van der Waals surface area (Å²) in [7, 11) is 0. The molecule has 0 saturated heterocycles. The largest absolute Gasteiger partial charge is 0.478 e. The van der Waals surface area contributed by atoms with Crippen molar-refractivity contribution in [1.29, 1.82) is 0 Å². The molecule has 1 aromatic carbocycles. The predicted octanol–water partition coefficient (Wildman–Crippen LogP) is 4.10. The molecule has 0 aliphatic carbocycles. The first-order valence-electron chi connectivity index (χ1n) is 6.74. The Hall–Kier alpha value is -2.40. The third kappa shape index (κ3) is 3.09. The normalized spacial score (nSPS) is 11.4. The number of ether oxygens (including phenoxy) is 1. The van der Waals surface area contributed by atoms with E-state index >= 15 is 0 Å². The van der Waals surface area contributed by atoms with Crippen LogP contribution in [0, 0.1) is 0 Å². The second-order valence-electron chi connectivity index (χ2n) is 5.23. The first kappa shape index (κ1) is 14.5. The summed E-state index contributed by atoms with van der Waals surface area (Å²) >= 11 is 5.87. The van der Waals surface area contributed by atoms with Gasteiger partial charge in [0.25, 0.3) is 5.89 Å². The van der Waals surface area contributed by atoms with Gasteiger partial charge in [-0.2, -0.15) is 4.98 Å². The zero-order chi connectivity index (χ0) is 15.6. The minimum absolute atomic E-state index is 0.397. The Balaban J connectivity index is 1.83. The Morgan fingerprint density at radius 1 is 1.05 bits per heavy atom. The maximum atomic E-state index is 5.92. The van der Waals surface area contributed by atoms with Crippen LogP contribution in [0.3, 0.4) is 0 Å². The van der Waals surface area contributed by atoms with Crippen LogP contribution in [0.1, 0.15) is 19.7 Å². The highest BCUT2D eigenvalue weighted by Gasteiger charge is 2.30. The Morgan fingerprint density at radius 2 is 1.73 bits per heavy atom. The van der Waals surface area contributed by atoms with Crippen LogP contribution in [0.5, 0.6) is 5.75 Å². The van der Waals surface area contributed by atoms with E-state index in [0.29, 0.717) is 22.5 Å². The van der Waals surface area contributed by atoms with Gasteiger partial charge in [0.2, 0.25) is 5.82 Å². The van der Waals surface area contributed by atoms with Gasteiger partial charge in [-0.1, -0.05) is 16.8 Å². The SMILES string of the molecule is CC(C)(Oc1ccc(Cl)cc1)c1nc(-c2ccncc2)no1. The van der Waals surface area contributed by atoms with E-state index in [9.17, 15) is 0 Å². The van der Waals surface area contributed by atoms with E-state index in [4.69, 9.17) is 20.9 Å². The maximum Gasteiger partial charge on any atom is 0.270 e. The molecule has 5 nitrogen and oxygen atoms in total. The van der Waals surface area contributed by atoms with Gasteiger partial charge >= 0.3 is 0 Å². The number of pyridine rings is 1. The molecule has 0 radical (unpaired) electrons. The molecule has 0 atom stereocenters. The van der Waals surface area contributed by atoms with E-state index in [0.717, 1.165) is 5.56 Å². The quantitative estimate of drug-likeness (QED) is 0.725. The highest BCUT2D eigenvalue weighted by atomic mass is 35.5. The number of hydrogen-bond acceptors (Lipinski definition) is 5. The van der Waals surface area contributed by atoms with E-state index in [1.54, 1.807) is 36.7 Å². The molecule has 0 aliphatic heterocycles. The predicted molar refractivity (Wildman–Crippen MR) is 82.6 cm³/mol. The standard InChI is InChI=1S/C16H14ClN3O2/c1-16(2,21-13-5-3-12(17)4-6-13)15-19-14(20-22-15)11-7-9-18-10-8-11/h3-10H,1-2H3. The molecule has 0 saturated carbocycles. The Labute approximate surface area is 132 Å². The Bertz CT molecular complexity index is 755. The van der Waals surface area contributed by atoms with Gasteiger partial charge in [-0.3, -0.25) is 4.98 Å². The van der Waals surface area contributed by atoms with Crippen molar-refractivity contribution in [2.75, 3.05) is 0 Å². The minimum atomic E-state index is -0.758. The lowest BCUT2D eigenvalue weighted by Gasteiger charge is -2.22. The molecule has 2 heterocycles. The summed E-state index contributed by atoms with van der Waals surface area (Å²) in [4.78, 5) is 8.38. The second kappa shape index (κ2) is 5.77. The Kier molecular flexibility index (Phi) is 3.81. The molecule has 0 amide bonds. The van der Waals surface area contributed by atoms with E-state index in [2.05, 4.69) is 15.1 Å². The van der Waals surface area contributed by atoms with Crippen LogP contribution in [-0.4, -0.2) is 15.1 Å². The summed E-state index contributed by atoms with van der Waals surface area (Å²) in [6.07, 6.45) is 3.36. The number of halogens is 1. The molecule has 2 aromatic heterocycles. The molecule has 0 spiro atoms. The maximum absolute atomic E-state index is 5.92. The lowest BCUT2D eigenvalue weighted by Crippen LogP contribution is -2.25. The molecule has 3 rings (SSSR count). The van der Waals surface area contributed by atoms with E-state index < -0.39 is 5.60 Å². The van der Waals surface area contributed by atoms with Crippen LogP contribution >= 0.6 is 11.6 Å². The van der Waals surface area contributed by atoms with Crippen LogP contribution in [-0.2, 0) is 5.60 Å². The first-order valence-corrected chi connectivity index (χ1v) is 7.11. The summed E-state index contributed by atoms with van der Waals surface area (Å²) in [6, 6.07) is 10.8. The monoisotopic (exact) mass is 315 g/mol. The van der Waals surface area contributed by atoms with Gasteiger partial charge in [-0.15, -0.1) is 0 Å². The van der Waals surface area contributed by atoms with Crippen LogP contribution in [0.15, 0.2) is 53.3 Å². The van der Waals surface area contributed by atoms with Crippen molar-refractivity contribution in [2.45, 2.75) is 19.4 Å². The lowest BCUT2D eigenvalue weighted by molar-refractivity contribution is 0.0692. The van der Waals surface area contributed by atoms with Gasteiger partial charge in [-0.05, 0) is 50.2 Å². The Morgan fingerprint density at radius 3 is 2.41 bits per heavy atom. The zero-order valence-corrected chi connectivity index (χ0v) is 12.9. The van der Waals surface area contributed by atoms with Gasteiger partial charge in [-0.25, -0.2) is 0 Å². The molecular weight excluding hydrogens is 302 g/mol. The third-order valence-electron chi connectivity index (χ3n) is 3.07. The fourth-order valence-electron chi connectivity index (χ4n) is 1.93. The van der Waals surface area contributed by atoms with E-state index in [1.165, 1.54) is 0 Å². The molecule has 3 aromatic rings. The van der Waals surface area contributed by atoms with Gasteiger partial charge in [0, 0.05) is 23.0 Å². The molecule has 0 fully saturated rings. The highest BCUT2D eigenvalue weighted by molar-refractivity contribution is 6.30. The van der Waals surface area contributed by atoms with Crippen molar-refractivity contribution in [3.63, 3.8) is 0 Å². The molecule has 0 bridgehead atoms. The molecule has 22 heavy (non-hydrogen) atoms. The van der Waals surface area contributed by atoms with Crippen molar-refractivity contribution < 1.29 is 9.26 Å². The second-order valence-corrected chi connectivity index (χ2v) is 5.66. The minimum Gasteiger partial charge on any atom is -0.478 e. The van der Waals surface area contributed by atoms with E-state index in [1.807, 2.05) is 26.0 Å². The number of benzene rings is 1. The molecule has 0 unspecified atom stereocenters. The highest BCUT2D eigenvalue weighted by Crippen LogP contribution is 2.28. The van der Waals surface area contributed by atoms with Gasteiger partial charge < -0.3 is 9.26 Å². The zero-order valence-electron chi connectivity index (χ0n) is 12.2. The fraction of sp³-hybridized carbons (Fsp3) is 0.188. The van der Waals surface area contributed by atoms with Crippen molar-refractivity contribution in [2.24, 2.45) is 0 Å². The number of rotatable bonds is 4. The molecule has 0 N–H and O–H groups in total. The molecular formula is C16H14ClN3O2. The molecule has 112 valence electrons. The average Bonchev–Trinajstić information content (AvgIpc) is 3.01.